The van der Waals surface area contributed by atoms with Gasteiger partial charge in [-0.05, 0) is 37.5 Å². The number of benzene rings is 1. The molecule has 6 nitrogen and oxygen atoms in total. The fourth-order valence-corrected chi connectivity index (χ4v) is 4.75. The molecular formula is C22H28O6S. The second-order valence-corrected chi connectivity index (χ2v) is 7.89. The number of ether oxygens (including phenoxy) is 6. The molecule has 29 heavy (non-hydrogen) atoms. The average Bonchev–Trinajstić information content (AvgIpc) is 3.35. The zero-order chi connectivity index (χ0) is 21.0. The van der Waals surface area contributed by atoms with Gasteiger partial charge in [0.15, 0.2) is 23.0 Å². The molecule has 0 saturated carbocycles. The van der Waals surface area contributed by atoms with Crippen LogP contribution in [0.15, 0.2) is 24.8 Å². The van der Waals surface area contributed by atoms with E-state index in [1.54, 1.807) is 45.9 Å². The van der Waals surface area contributed by atoms with E-state index >= 15 is 0 Å². The highest BCUT2D eigenvalue weighted by atomic mass is 32.1. The summed E-state index contributed by atoms with van der Waals surface area (Å²) in [4.78, 5) is 2.12. The second kappa shape index (κ2) is 9.41. The third-order valence-electron chi connectivity index (χ3n) is 4.93. The van der Waals surface area contributed by atoms with Crippen molar-refractivity contribution in [2.24, 2.45) is 0 Å². The van der Waals surface area contributed by atoms with E-state index in [0.29, 0.717) is 23.9 Å². The van der Waals surface area contributed by atoms with Crippen molar-refractivity contribution in [3.05, 3.63) is 40.1 Å². The normalized spacial score (nSPS) is 18.4. The molecule has 2 heterocycles. The van der Waals surface area contributed by atoms with Crippen LogP contribution in [-0.4, -0.2) is 35.0 Å². The third-order valence-corrected chi connectivity index (χ3v) is 6.09. The van der Waals surface area contributed by atoms with Gasteiger partial charge in [0, 0.05) is 4.88 Å². The lowest BCUT2D eigenvalue weighted by atomic mass is 10.0. The first-order valence-corrected chi connectivity index (χ1v) is 10.3. The highest BCUT2D eigenvalue weighted by Crippen LogP contribution is 2.52. The minimum atomic E-state index is -0.0710. The number of hydrogen-bond donors (Lipinski definition) is 0. The highest BCUT2D eigenvalue weighted by molar-refractivity contribution is 7.12. The number of hydrogen-bond acceptors (Lipinski definition) is 7. The van der Waals surface area contributed by atoms with Crippen LogP contribution in [-0.2, 0) is 4.74 Å². The van der Waals surface area contributed by atoms with Crippen LogP contribution in [0.25, 0.3) is 0 Å². The van der Waals surface area contributed by atoms with Crippen molar-refractivity contribution < 1.29 is 28.4 Å². The van der Waals surface area contributed by atoms with Crippen molar-refractivity contribution in [1.29, 1.82) is 0 Å². The largest absolute Gasteiger partial charge is 0.493 e. The van der Waals surface area contributed by atoms with Gasteiger partial charge in [0.1, 0.15) is 6.61 Å². The van der Waals surface area contributed by atoms with E-state index in [-0.39, 0.29) is 12.2 Å². The van der Waals surface area contributed by atoms with Crippen molar-refractivity contribution in [3.63, 3.8) is 0 Å². The molecule has 1 fully saturated rings. The Morgan fingerprint density at radius 3 is 2.14 bits per heavy atom. The van der Waals surface area contributed by atoms with Crippen molar-refractivity contribution in [2.45, 2.75) is 32.0 Å². The number of aryl methyl sites for hydroxylation is 1. The average molecular weight is 421 g/mol. The summed E-state index contributed by atoms with van der Waals surface area (Å²) in [5.41, 5.74) is 0.998. The summed E-state index contributed by atoms with van der Waals surface area (Å²) in [6, 6.07) is 3.90. The molecular weight excluding hydrogens is 392 g/mol. The Morgan fingerprint density at radius 2 is 1.59 bits per heavy atom. The lowest BCUT2D eigenvalue weighted by molar-refractivity contribution is 0.0444. The Kier molecular flexibility index (Phi) is 6.92. The monoisotopic (exact) mass is 420 g/mol. The topological polar surface area (TPSA) is 55.4 Å². The highest BCUT2D eigenvalue weighted by Gasteiger charge is 2.34. The van der Waals surface area contributed by atoms with E-state index in [9.17, 15) is 0 Å². The molecule has 158 valence electrons. The summed E-state index contributed by atoms with van der Waals surface area (Å²) in [6.45, 7) is 6.18. The van der Waals surface area contributed by atoms with Crippen molar-refractivity contribution >= 4 is 11.3 Å². The van der Waals surface area contributed by atoms with Gasteiger partial charge in [0.2, 0.25) is 5.75 Å². The van der Waals surface area contributed by atoms with Crippen LogP contribution in [0.1, 0.15) is 40.4 Å². The molecule has 0 aliphatic carbocycles. The first-order chi connectivity index (χ1) is 14.1. The molecule has 1 saturated heterocycles. The Morgan fingerprint density at radius 1 is 0.966 bits per heavy atom. The van der Waals surface area contributed by atoms with Crippen LogP contribution >= 0.6 is 11.3 Å². The molecule has 2 aromatic rings. The Labute approximate surface area is 175 Å². The summed E-state index contributed by atoms with van der Waals surface area (Å²) in [6.07, 6.45) is 3.37. The molecule has 3 rings (SSSR count). The number of thiophene rings is 1. The first-order valence-electron chi connectivity index (χ1n) is 9.44. The molecule has 1 aromatic carbocycles. The smallest absolute Gasteiger partial charge is 0.203 e. The molecule has 0 radical (unpaired) electrons. The quantitative estimate of drug-likeness (QED) is 0.517. The third kappa shape index (κ3) is 4.16. The van der Waals surface area contributed by atoms with E-state index < -0.39 is 0 Å². The summed E-state index contributed by atoms with van der Waals surface area (Å²) < 4.78 is 34.3. The van der Waals surface area contributed by atoms with E-state index in [1.807, 2.05) is 19.1 Å². The molecule has 1 aliphatic heterocycles. The van der Waals surface area contributed by atoms with Crippen molar-refractivity contribution in [3.8, 4) is 28.7 Å². The molecule has 1 aliphatic rings. The molecule has 0 N–H and O–H groups in total. The minimum Gasteiger partial charge on any atom is -0.493 e. The molecule has 7 heteroatoms. The lowest BCUT2D eigenvalue weighted by Crippen LogP contribution is -2.02. The number of rotatable bonds is 9. The standard InChI is InChI=1S/C22H28O6S/c1-7-10-27-19-13(2)29-22(21(19)26-6)16-9-8-15(28-16)14-11-17(23-3)20(25-5)18(12-14)24-4/h7,11-12,15-16H,1,8-10H2,2-6H3/t15-,16+/m0/s1. The molecule has 0 spiro atoms. The van der Waals surface area contributed by atoms with Gasteiger partial charge in [0.25, 0.3) is 0 Å². The molecule has 1 aromatic heterocycles. The summed E-state index contributed by atoms with van der Waals surface area (Å²) in [7, 11) is 6.49. The fourth-order valence-electron chi connectivity index (χ4n) is 3.61. The van der Waals surface area contributed by atoms with E-state index in [1.165, 1.54) is 0 Å². The lowest BCUT2D eigenvalue weighted by Gasteiger charge is -2.18. The number of methoxy groups -OCH3 is 4. The van der Waals surface area contributed by atoms with Gasteiger partial charge in [-0.3, -0.25) is 0 Å². The molecule has 0 amide bonds. The van der Waals surface area contributed by atoms with Gasteiger partial charge >= 0.3 is 0 Å². The van der Waals surface area contributed by atoms with Crippen LogP contribution in [0.2, 0.25) is 0 Å². The Balaban J connectivity index is 1.86. The zero-order valence-electron chi connectivity index (χ0n) is 17.6. The summed E-state index contributed by atoms with van der Waals surface area (Å²) >= 11 is 1.65. The van der Waals surface area contributed by atoms with Gasteiger partial charge in [-0.2, -0.15) is 0 Å². The second-order valence-electron chi connectivity index (χ2n) is 6.63. The predicted molar refractivity (Wildman–Crippen MR) is 113 cm³/mol. The van der Waals surface area contributed by atoms with Gasteiger partial charge in [-0.15, -0.1) is 11.3 Å². The zero-order valence-corrected chi connectivity index (χ0v) is 18.4. The van der Waals surface area contributed by atoms with Crippen LogP contribution < -0.4 is 23.7 Å². The van der Waals surface area contributed by atoms with Crippen molar-refractivity contribution in [2.75, 3.05) is 35.0 Å². The fraction of sp³-hybridized carbons (Fsp3) is 0.455. The van der Waals surface area contributed by atoms with Crippen molar-refractivity contribution in [1.82, 2.24) is 0 Å². The van der Waals surface area contributed by atoms with Gasteiger partial charge < -0.3 is 28.4 Å². The van der Waals surface area contributed by atoms with E-state index in [4.69, 9.17) is 28.4 Å². The Bertz CT molecular complexity index is 834. The summed E-state index contributed by atoms with van der Waals surface area (Å²) in [5.74, 6) is 3.35. The van der Waals surface area contributed by atoms with Gasteiger partial charge in [0.05, 0.1) is 45.5 Å². The molecule has 0 bridgehead atoms. The summed E-state index contributed by atoms with van der Waals surface area (Å²) in [5, 5.41) is 0. The predicted octanol–water partition coefficient (Wildman–Crippen LogP) is 5.25. The van der Waals surface area contributed by atoms with E-state index in [2.05, 4.69) is 6.58 Å². The minimum absolute atomic E-state index is 0.0566. The maximum atomic E-state index is 6.42. The van der Waals surface area contributed by atoms with Crippen LogP contribution in [0.4, 0.5) is 0 Å². The van der Waals surface area contributed by atoms with Gasteiger partial charge in [-0.1, -0.05) is 12.7 Å². The Hall–Kier alpha value is -2.38. The van der Waals surface area contributed by atoms with Crippen LogP contribution in [0, 0.1) is 6.92 Å². The van der Waals surface area contributed by atoms with Gasteiger partial charge in [-0.25, -0.2) is 0 Å². The molecule has 2 atom stereocenters. The first kappa shape index (κ1) is 21.3. The molecule has 0 unspecified atom stereocenters. The van der Waals surface area contributed by atoms with E-state index in [0.717, 1.165) is 39.7 Å². The maximum absolute atomic E-state index is 6.42. The van der Waals surface area contributed by atoms with Crippen LogP contribution in [0.5, 0.6) is 28.7 Å². The maximum Gasteiger partial charge on any atom is 0.203 e. The van der Waals surface area contributed by atoms with Crippen LogP contribution in [0.3, 0.4) is 0 Å². The SMILES string of the molecule is C=CCOc1c(C)sc([C@H]2CC[C@@H](c3cc(OC)c(OC)c(OC)c3)O2)c1OC.